The Labute approximate surface area is 132 Å². The quantitative estimate of drug-likeness (QED) is 0.873. The Bertz CT molecular complexity index is 499. The molecule has 1 saturated heterocycles. The van der Waals surface area contributed by atoms with Crippen LogP contribution in [0, 0.1) is 5.41 Å². The van der Waals surface area contributed by atoms with Crippen molar-refractivity contribution in [1.82, 2.24) is 10.6 Å². The molecule has 1 aliphatic heterocycles. The van der Waals surface area contributed by atoms with Crippen LogP contribution < -0.4 is 10.6 Å². The van der Waals surface area contributed by atoms with E-state index in [4.69, 9.17) is 4.74 Å². The highest BCUT2D eigenvalue weighted by atomic mass is 16.5. The highest BCUT2D eigenvalue weighted by Crippen LogP contribution is 2.43. The van der Waals surface area contributed by atoms with Gasteiger partial charge in [-0.05, 0) is 37.2 Å². The summed E-state index contributed by atoms with van der Waals surface area (Å²) in [6.07, 6.45) is 4.67. The van der Waals surface area contributed by atoms with Gasteiger partial charge in [-0.25, -0.2) is 0 Å². The van der Waals surface area contributed by atoms with Gasteiger partial charge in [-0.3, -0.25) is 4.79 Å². The lowest BCUT2D eigenvalue weighted by Gasteiger charge is -2.43. The Balaban J connectivity index is 1.55. The second kappa shape index (κ2) is 6.80. The predicted octanol–water partition coefficient (Wildman–Crippen LogP) is 1.89. The van der Waals surface area contributed by atoms with Crippen LogP contribution >= 0.6 is 0 Å². The molecule has 1 aromatic carbocycles. The molecular formula is C18H26N2O2. The summed E-state index contributed by atoms with van der Waals surface area (Å²) >= 11 is 0. The molecule has 0 unspecified atom stereocenters. The number of hydrogen-bond donors (Lipinski definition) is 2. The molecule has 2 aliphatic rings. The van der Waals surface area contributed by atoms with Gasteiger partial charge >= 0.3 is 0 Å². The van der Waals surface area contributed by atoms with Crippen LogP contribution in [0.4, 0.5) is 0 Å². The lowest BCUT2D eigenvalue weighted by Crippen LogP contribution is -2.57. The molecule has 1 aromatic rings. The molecule has 3 rings (SSSR count). The Hall–Kier alpha value is -1.39. The van der Waals surface area contributed by atoms with Gasteiger partial charge in [0.05, 0.1) is 12.7 Å². The van der Waals surface area contributed by atoms with Crippen molar-refractivity contribution in [2.24, 2.45) is 5.41 Å². The number of rotatable bonds is 5. The lowest BCUT2D eigenvalue weighted by atomic mass is 9.65. The first-order valence-electron chi connectivity index (χ1n) is 8.35. The zero-order valence-corrected chi connectivity index (χ0v) is 13.3. The smallest absolute Gasteiger partial charge is 0.239 e. The Morgan fingerprint density at radius 2 is 2.14 bits per heavy atom. The summed E-state index contributed by atoms with van der Waals surface area (Å²) in [6, 6.07) is 10.4. The molecule has 0 radical (unpaired) electrons. The highest BCUT2D eigenvalue weighted by Gasteiger charge is 2.38. The maximum absolute atomic E-state index is 12.4. The molecule has 4 nitrogen and oxygen atoms in total. The summed E-state index contributed by atoms with van der Waals surface area (Å²) in [6.45, 7) is 4.16. The minimum absolute atomic E-state index is 0.0554. The second-order valence-corrected chi connectivity index (χ2v) is 6.74. The van der Waals surface area contributed by atoms with Crippen molar-refractivity contribution in [1.29, 1.82) is 0 Å². The number of amides is 1. The van der Waals surface area contributed by atoms with Crippen LogP contribution in [0.3, 0.4) is 0 Å². The molecule has 0 spiro atoms. The van der Waals surface area contributed by atoms with Crippen LogP contribution in [-0.4, -0.2) is 37.7 Å². The van der Waals surface area contributed by atoms with Crippen LogP contribution in [0.1, 0.15) is 31.7 Å². The van der Waals surface area contributed by atoms with E-state index in [1.807, 2.05) is 6.92 Å². The maximum Gasteiger partial charge on any atom is 0.239 e. The summed E-state index contributed by atoms with van der Waals surface area (Å²) in [4.78, 5) is 12.4. The predicted molar refractivity (Wildman–Crippen MR) is 86.6 cm³/mol. The average Bonchev–Trinajstić information content (AvgIpc) is 2.51. The molecule has 2 N–H and O–H groups in total. The first kappa shape index (κ1) is 15.5. The summed E-state index contributed by atoms with van der Waals surface area (Å²) < 4.78 is 5.56. The third kappa shape index (κ3) is 3.50. The molecule has 4 heteroatoms. The van der Waals surface area contributed by atoms with Gasteiger partial charge in [0.2, 0.25) is 5.91 Å². The molecule has 1 amide bonds. The first-order valence-corrected chi connectivity index (χ1v) is 8.35. The largest absolute Gasteiger partial charge is 0.375 e. The molecule has 22 heavy (non-hydrogen) atoms. The highest BCUT2D eigenvalue weighted by molar-refractivity contribution is 5.82. The van der Waals surface area contributed by atoms with Gasteiger partial charge < -0.3 is 15.4 Å². The lowest BCUT2D eigenvalue weighted by molar-refractivity contribution is -0.129. The van der Waals surface area contributed by atoms with E-state index in [-0.39, 0.29) is 23.5 Å². The van der Waals surface area contributed by atoms with E-state index in [9.17, 15) is 4.79 Å². The number of ether oxygens (including phenoxy) is 1. The summed E-state index contributed by atoms with van der Waals surface area (Å²) in [5.41, 5.74) is 1.61. The topological polar surface area (TPSA) is 50.4 Å². The van der Waals surface area contributed by atoms with E-state index in [1.165, 1.54) is 24.8 Å². The third-order valence-electron chi connectivity index (χ3n) is 5.07. The molecule has 1 heterocycles. The Morgan fingerprint density at radius 1 is 1.36 bits per heavy atom. The maximum atomic E-state index is 12.4. The summed E-state index contributed by atoms with van der Waals surface area (Å²) in [5.74, 6) is 0.0755. The van der Waals surface area contributed by atoms with E-state index in [1.54, 1.807) is 0 Å². The van der Waals surface area contributed by atoms with Crippen LogP contribution in [0.2, 0.25) is 0 Å². The van der Waals surface area contributed by atoms with Crippen molar-refractivity contribution >= 4 is 5.91 Å². The monoisotopic (exact) mass is 302 g/mol. The van der Waals surface area contributed by atoms with E-state index in [0.717, 1.165) is 19.5 Å². The van der Waals surface area contributed by atoms with Gasteiger partial charge in [0.15, 0.2) is 0 Å². The minimum atomic E-state index is -0.220. The number of carbonyl (C=O) groups excluding carboxylic acids is 1. The molecule has 120 valence electrons. The van der Waals surface area contributed by atoms with E-state index < -0.39 is 0 Å². The van der Waals surface area contributed by atoms with Gasteiger partial charge in [-0.2, -0.15) is 0 Å². The van der Waals surface area contributed by atoms with Gasteiger partial charge in [-0.15, -0.1) is 0 Å². The standard InChI is InChI=1S/C18H26N2O2/c1-14-16(19-10-11-22-14)17(21)20-13-18(8-5-9-18)12-15-6-3-2-4-7-15/h2-4,6-7,14,16,19H,5,8-13H2,1H3,(H,20,21)/t14-,16+/m1/s1. The first-order chi connectivity index (χ1) is 10.7. The van der Waals surface area contributed by atoms with Crippen molar-refractivity contribution in [3.05, 3.63) is 35.9 Å². The minimum Gasteiger partial charge on any atom is -0.375 e. The molecule has 1 saturated carbocycles. The van der Waals surface area contributed by atoms with Crippen molar-refractivity contribution in [2.75, 3.05) is 19.7 Å². The zero-order chi connectivity index (χ0) is 15.4. The fourth-order valence-corrected chi connectivity index (χ4v) is 3.53. The van der Waals surface area contributed by atoms with Crippen LogP contribution in [0.25, 0.3) is 0 Å². The SMILES string of the molecule is C[C@H]1OCCN[C@@H]1C(=O)NCC1(Cc2ccccc2)CCC1. The normalized spacial score (nSPS) is 27.0. The number of benzene rings is 1. The van der Waals surface area contributed by atoms with Gasteiger partial charge in [0.25, 0.3) is 0 Å². The zero-order valence-electron chi connectivity index (χ0n) is 13.3. The molecule has 2 fully saturated rings. The second-order valence-electron chi connectivity index (χ2n) is 6.74. The van der Waals surface area contributed by atoms with Crippen molar-refractivity contribution < 1.29 is 9.53 Å². The molecule has 0 bridgehead atoms. The fourth-order valence-electron chi connectivity index (χ4n) is 3.53. The van der Waals surface area contributed by atoms with Crippen molar-refractivity contribution in [3.63, 3.8) is 0 Å². The number of carbonyl (C=O) groups is 1. The Kier molecular flexibility index (Phi) is 4.79. The van der Waals surface area contributed by atoms with Crippen molar-refractivity contribution in [3.8, 4) is 0 Å². The Morgan fingerprint density at radius 3 is 2.77 bits per heavy atom. The van der Waals surface area contributed by atoms with Gasteiger partial charge in [0, 0.05) is 13.1 Å². The average molecular weight is 302 g/mol. The van der Waals surface area contributed by atoms with Crippen LogP contribution in [0.5, 0.6) is 0 Å². The van der Waals surface area contributed by atoms with Crippen LogP contribution in [-0.2, 0) is 16.0 Å². The molecular weight excluding hydrogens is 276 g/mol. The molecule has 1 aliphatic carbocycles. The summed E-state index contributed by atoms with van der Waals surface area (Å²) in [5, 5.41) is 6.42. The van der Waals surface area contributed by atoms with Gasteiger partial charge in [-0.1, -0.05) is 36.8 Å². The molecule has 2 atom stereocenters. The van der Waals surface area contributed by atoms with Gasteiger partial charge in [0.1, 0.15) is 6.04 Å². The van der Waals surface area contributed by atoms with E-state index in [0.29, 0.717) is 6.61 Å². The van der Waals surface area contributed by atoms with E-state index in [2.05, 4.69) is 41.0 Å². The number of morpholine rings is 1. The molecule has 0 aromatic heterocycles. The number of nitrogens with one attached hydrogen (secondary N) is 2. The fraction of sp³-hybridized carbons (Fsp3) is 0.611. The third-order valence-corrected chi connectivity index (χ3v) is 5.07. The van der Waals surface area contributed by atoms with E-state index >= 15 is 0 Å². The number of hydrogen-bond acceptors (Lipinski definition) is 3. The summed E-state index contributed by atoms with van der Waals surface area (Å²) in [7, 11) is 0. The van der Waals surface area contributed by atoms with Crippen LogP contribution in [0.15, 0.2) is 30.3 Å². The van der Waals surface area contributed by atoms with Crippen molar-refractivity contribution in [2.45, 2.75) is 44.8 Å².